The van der Waals surface area contributed by atoms with Gasteiger partial charge in [-0.05, 0) is 50.5 Å². The van der Waals surface area contributed by atoms with E-state index in [0.29, 0.717) is 5.56 Å². The number of hydrogen-bond donors (Lipinski definition) is 3. The summed E-state index contributed by atoms with van der Waals surface area (Å²) in [5.41, 5.74) is 6.85. The topological polar surface area (TPSA) is 159 Å². The molecule has 1 aliphatic rings. The van der Waals surface area contributed by atoms with Crippen LogP contribution in [0.25, 0.3) is 0 Å². The summed E-state index contributed by atoms with van der Waals surface area (Å²) in [6.45, 7) is 3.42. The van der Waals surface area contributed by atoms with Gasteiger partial charge in [0.2, 0.25) is 5.96 Å². The minimum Gasteiger partial charge on any atom is -0.372 e. The van der Waals surface area contributed by atoms with E-state index in [1.165, 1.54) is 26.2 Å². The van der Waals surface area contributed by atoms with Gasteiger partial charge in [0.25, 0.3) is 26.0 Å². The first-order chi connectivity index (χ1) is 12.9. The summed E-state index contributed by atoms with van der Waals surface area (Å²) < 4.78 is 52.0. The van der Waals surface area contributed by atoms with Crippen LogP contribution in [0.3, 0.4) is 0 Å². The van der Waals surface area contributed by atoms with E-state index >= 15 is 0 Å². The highest BCUT2D eigenvalue weighted by atomic mass is 32.2. The Hall–Kier alpha value is -2.18. The second-order valence-corrected chi connectivity index (χ2v) is 9.52. The zero-order valence-electron chi connectivity index (χ0n) is 15.8. The third kappa shape index (κ3) is 9.67. The second kappa shape index (κ2) is 10.4. The Kier molecular flexibility index (Phi) is 8.85. The Morgan fingerprint density at radius 2 is 1.64 bits per heavy atom. The zero-order chi connectivity index (χ0) is 21.4. The van der Waals surface area contributed by atoms with Gasteiger partial charge >= 0.3 is 0 Å². The fraction of sp³-hybridized carbons (Fsp3) is 0.500. The zero-order valence-corrected chi connectivity index (χ0v) is 17.5. The van der Waals surface area contributed by atoms with Crippen molar-refractivity contribution >= 4 is 37.7 Å². The number of nitrogens with zero attached hydrogens (tertiary/aromatic N) is 2. The predicted octanol–water partition coefficient (Wildman–Crippen LogP) is 0.575. The van der Waals surface area contributed by atoms with Crippen molar-refractivity contribution in [3.8, 4) is 0 Å². The molecular weight excluding hydrogens is 408 g/mol. The molecule has 28 heavy (non-hydrogen) atoms. The molecule has 1 amide bonds. The summed E-state index contributed by atoms with van der Waals surface area (Å²) in [7, 11) is -7.29. The minimum atomic E-state index is -3.66. The number of amides is 1. The van der Waals surface area contributed by atoms with Crippen LogP contribution in [0.15, 0.2) is 28.7 Å². The molecule has 1 saturated heterocycles. The number of carbonyl (C=O) groups is 1. The maximum Gasteiger partial charge on any atom is 0.264 e. The summed E-state index contributed by atoms with van der Waals surface area (Å²) in [5, 5.41) is 2.25. The van der Waals surface area contributed by atoms with Crippen molar-refractivity contribution in [3.63, 3.8) is 0 Å². The van der Waals surface area contributed by atoms with Gasteiger partial charge in [-0.3, -0.25) is 14.7 Å². The van der Waals surface area contributed by atoms with Crippen LogP contribution in [-0.4, -0.2) is 58.4 Å². The van der Waals surface area contributed by atoms with Crippen LogP contribution >= 0.6 is 0 Å². The van der Waals surface area contributed by atoms with Crippen molar-refractivity contribution in [3.05, 3.63) is 29.8 Å². The highest BCUT2D eigenvalue weighted by Gasteiger charge is 2.13. The molecule has 158 valence electrons. The quantitative estimate of drug-likeness (QED) is 0.352. The molecule has 0 atom stereocenters. The lowest BCUT2D eigenvalue weighted by atomic mass is 10.1. The minimum absolute atomic E-state index is 0.201. The van der Waals surface area contributed by atoms with Gasteiger partial charge in [0.05, 0.1) is 12.0 Å². The van der Waals surface area contributed by atoms with E-state index in [9.17, 15) is 21.6 Å². The molecule has 2 rings (SSSR count). The molecule has 0 radical (unpaired) electrons. The molecule has 1 aromatic rings. The Morgan fingerprint density at radius 1 is 1.14 bits per heavy atom. The molecule has 1 aromatic carbocycles. The molecular formula is C16H26N4O6S2. The molecule has 1 heterocycles. The smallest absolute Gasteiger partial charge is 0.264 e. The van der Waals surface area contributed by atoms with Crippen molar-refractivity contribution in [2.75, 3.05) is 30.0 Å². The fourth-order valence-electron chi connectivity index (χ4n) is 2.37. The number of nitrogens with two attached hydrogens (primary N) is 1. The van der Waals surface area contributed by atoms with Crippen LogP contribution in [0.2, 0.25) is 0 Å². The van der Waals surface area contributed by atoms with Gasteiger partial charge in [-0.1, -0.05) is 0 Å². The number of nitrogens with one attached hydrogen (secondary N) is 1. The van der Waals surface area contributed by atoms with Crippen LogP contribution < -0.4 is 16.0 Å². The molecule has 4 N–H and O–H groups in total. The highest BCUT2D eigenvalue weighted by molar-refractivity contribution is 7.89. The number of rotatable bonds is 4. The van der Waals surface area contributed by atoms with Gasteiger partial charge in [-0.25, -0.2) is 8.42 Å². The van der Waals surface area contributed by atoms with Gasteiger partial charge < -0.3 is 10.6 Å². The molecule has 0 saturated carbocycles. The lowest BCUT2D eigenvalue weighted by Gasteiger charge is -2.28. The Balaban J connectivity index is 0.000000568. The van der Waals surface area contributed by atoms with Crippen LogP contribution in [0.1, 0.15) is 36.5 Å². The lowest BCUT2D eigenvalue weighted by molar-refractivity contribution is 0.0976. The normalized spacial score (nSPS) is 15.4. The molecule has 12 heteroatoms. The van der Waals surface area contributed by atoms with E-state index in [4.69, 9.17) is 10.3 Å². The molecule has 0 unspecified atom stereocenters. The van der Waals surface area contributed by atoms with E-state index in [2.05, 4.69) is 14.6 Å². The molecule has 1 aliphatic heterocycles. The molecule has 0 bridgehead atoms. The molecule has 1 fully saturated rings. The standard InChI is InChI=1S/C14H20N4O3S.C2H6O3S/c1-22(20,21)17-14(15)16-13(19)11-5-7-12(8-6-11)18-9-3-2-4-10-18;1-2-6(3,4)5/h5-8H,2-4,9-10H2,1H3,(H3,15,16,17,19);2H2,1H3,(H,3,4,5). The van der Waals surface area contributed by atoms with E-state index in [0.717, 1.165) is 25.0 Å². The van der Waals surface area contributed by atoms with Crippen molar-refractivity contribution in [2.24, 2.45) is 10.1 Å². The average Bonchev–Trinajstić information content (AvgIpc) is 2.61. The van der Waals surface area contributed by atoms with E-state index in [1.807, 2.05) is 12.1 Å². The monoisotopic (exact) mass is 434 g/mol. The van der Waals surface area contributed by atoms with E-state index < -0.39 is 32.0 Å². The molecule has 10 nitrogen and oxygen atoms in total. The summed E-state index contributed by atoms with van der Waals surface area (Å²) in [6.07, 6.45) is 4.52. The third-order valence-corrected chi connectivity index (χ3v) is 4.98. The fourth-order valence-corrected chi connectivity index (χ4v) is 2.77. The third-order valence-electron chi connectivity index (χ3n) is 3.72. The number of benzene rings is 1. The summed E-state index contributed by atoms with van der Waals surface area (Å²) in [5.74, 6) is -1.13. The van der Waals surface area contributed by atoms with Crippen LogP contribution in [0.4, 0.5) is 5.69 Å². The summed E-state index contributed by atoms with van der Waals surface area (Å²) in [6, 6.07) is 7.13. The maximum atomic E-state index is 11.9. The summed E-state index contributed by atoms with van der Waals surface area (Å²) in [4.78, 5) is 14.2. The van der Waals surface area contributed by atoms with Gasteiger partial charge in [0, 0.05) is 24.3 Å². The molecule has 0 spiro atoms. The highest BCUT2D eigenvalue weighted by Crippen LogP contribution is 2.20. The van der Waals surface area contributed by atoms with E-state index in [1.54, 1.807) is 12.1 Å². The number of sulfonamides is 1. The van der Waals surface area contributed by atoms with Gasteiger partial charge in [-0.15, -0.1) is 4.40 Å². The first kappa shape index (κ1) is 23.9. The van der Waals surface area contributed by atoms with E-state index in [-0.39, 0.29) is 5.75 Å². The summed E-state index contributed by atoms with van der Waals surface area (Å²) >= 11 is 0. The van der Waals surface area contributed by atoms with Crippen LogP contribution in [0.5, 0.6) is 0 Å². The second-order valence-electron chi connectivity index (χ2n) is 6.13. The lowest BCUT2D eigenvalue weighted by Crippen LogP contribution is -2.37. The number of anilines is 1. The molecule has 0 aliphatic carbocycles. The van der Waals surface area contributed by atoms with Crippen molar-refractivity contribution < 1.29 is 26.2 Å². The number of carbonyl (C=O) groups excluding carboxylic acids is 1. The first-order valence-electron chi connectivity index (χ1n) is 8.58. The number of hydrogen-bond acceptors (Lipinski definition) is 6. The largest absolute Gasteiger partial charge is 0.372 e. The average molecular weight is 435 g/mol. The maximum absolute atomic E-state index is 11.9. The predicted molar refractivity (Wildman–Crippen MR) is 109 cm³/mol. The Bertz CT molecular complexity index is 890. The van der Waals surface area contributed by atoms with Crippen molar-refractivity contribution in [1.82, 2.24) is 5.32 Å². The van der Waals surface area contributed by atoms with Crippen LogP contribution in [0, 0.1) is 0 Å². The SMILES string of the molecule is CCS(=O)(=O)O.CS(=O)(=O)N=C(N)NC(=O)c1ccc(N2CCCCC2)cc1. The van der Waals surface area contributed by atoms with Crippen LogP contribution in [-0.2, 0) is 20.1 Å². The Morgan fingerprint density at radius 3 is 2.07 bits per heavy atom. The number of guanidine groups is 1. The van der Waals surface area contributed by atoms with Gasteiger partial charge in [0.1, 0.15) is 0 Å². The first-order valence-corrected chi connectivity index (χ1v) is 12.0. The molecule has 0 aromatic heterocycles. The van der Waals surface area contributed by atoms with Crippen molar-refractivity contribution in [2.45, 2.75) is 26.2 Å². The van der Waals surface area contributed by atoms with Gasteiger partial charge in [-0.2, -0.15) is 8.42 Å². The number of piperidine rings is 1. The Labute approximate surface area is 165 Å². The van der Waals surface area contributed by atoms with Crippen molar-refractivity contribution in [1.29, 1.82) is 0 Å². The van der Waals surface area contributed by atoms with Gasteiger partial charge in [0.15, 0.2) is 0 Å².